The van der Waals surface area contributed by atoms with Gasteiger partial charge in [-0.15, -0.1) is 0 Å². The predicted molar refractivity (Wildman–Crippen MR) is 116 cm³/mol. The molecule has 0 bridgehead atoms. The normalized spacial score (nSPS) is 16.3. The van der Waals surface area contributed by atoms with E-state index in [-0.39, 0.29) is 17.7 Å². The van der Waals surface area contributed by atoms with Crippen molar-refractivity contribution >= 4 is 23.2 Å². The van der Waals surface area contributed by atoms with Gasteiger partial charge in [-0.05, 0) is 36.8 Å². The van der Waals surface area contributed by atoms with Crippen molar-refractivity contribution in [2.24, 2.45) is 5.92 Å². The smallest absolute Gasteiger partial charge is 0.258 e. The third-order valence-corrected chi connectivity index (χ3v) is 5.30. The minimum Gasteiger partial charge on any atom is -0.306 e. The van der Waals surface area contributed by atoms with Crippen LogP contribution in [0.25, 0.3) is 0 Å². The summed E-state index contributed by atoms with van der Waals surface area (Å²) in [6.45, 7) is 4.77. The quantitative estimate of drug-likeness (QED) is 0.649. The maximum absolute atomic E-state index is 13.3. The van der Waals surface area contributed by atoms with Crippen LogP contribution in [0.4, 0.5) is 11.4 Å². The summed E-state index contributed by atoms with van der Waals surface area (Å²) >= 11 is 0. The Morgan fingerprint density at radius 1 is 0.931 bits per heavy atom. The molecule has 4 heteroatoms. The predicted octanol–water partition coefficient (Wildman–Crippen LogP) is 4.82. The number of rotatable bonds is 3. The summed E-state index contributed by atoms with van der Waals surface area (Å²) in [5.74, 6) is -0.364. The fourth-order valence-corrected chi connectivity index (χ4v) is 3.84. The van der Waals surface area contributed by atoms with Crippen molar-refractivity contribution in [1.82, 2.24) is 0 Å². The minimum atomic E-state index is -0.306. The molecular weight excluding hydrogens is 360 g/mol. The van der Waals surface area contributed by atoms with Gasteiger partial charge in [-0.25, -0.2) is 0 Å². The Bertz CT molecular complexity index is 1050. The van der Waals surface area contributed by atoms with Gasteiger partial charge in [0.1, 0.15) is 0 Å². The molecule has 1 aliphatic rings. The first-order valence-corrected chi connectivity index (χ1v) is 9.87. The highest BCUT2D eigenvalue weighted by molar-refractivity contribution is 6.11. The zero-order chi connectivity index (χ0) is 20.4. The Kier molecular flexibility index (Phi) is 5.17. The van der Waals surface area contributed by atoms with Crippen molar-refractivity contribution in [3.63, 3.8) is 0 Å². The maximum atomic E-state index is 13.3. The van der Waals surface area contributed by atoms with Crippen LogP contribution in [-0.4, -0.2) is 18.4 Å². The number of amides is 2. The third kappa shape index (κ3) is 3.79. The molecule has 4 rings (SSSR count). The molecule has 1 unspecified atom stereocenters. The monoisotopic (exact) mass is 384 g/mol. The molecule has 3 aromatic rings. The van der Waals surface area contributed by atoms with Crippen LogP contribution in [0.2, 0.25) is 0 Å². The van der Waals surface area contributed by atoms with Crippen LogP contribution in [-0.2, 0) is 11.3 Å². The third-order valence-electron chi connectivity index (χ3n) is 5.30. The Morgan fingerprint density at radius 3 is 2.34 bits per heavy atom. The second-order valence-electron chi connectivity index (χ2n) is 7.58. The lowest BCUT2D eigenvalue weighted by Crippen LogP contribution is -2.38. The molecule has 1 aliphatic heterocycles. The van der Waals surface area contributed by atoms with Gasteiger partial charge < -0.3 is 9.80 Å². The number of benzene rings is 3. The highest BCUT2D eigenvalue weighted by Crippen LogP contribution is 2.36. The van der Waals surface area contributed by atoms with Crippen LogP contribution in [0.3, 0.4) is 0 Å². The van der Waals surface area contributed by atoms with Gasteiger partial charge in [0.05, 0.1) is 23.8 Å². The summed E-state index contributed by atoms with van der Waals surface area (Å²) in [6, 6.07) is 25.1. The topological polar surface area (TPSA) is 40.6 Å². The highest BCUT2D eigenvalue weighted by atomic mass is 16.2. The average molecular weight is 384 g/mol. The number of aryl methyl sites for hydroxylation is 1. The second kappa shape index (κ2) is 7.92. The van der Waals surface area contributed by atoms with Gasteiger partial charge in [0.15, 0.2) is 0 Å². The van der Waals surface area contributed by atoms with Crippen LogP contribution in [0.15, 0.2) is 78.9 Å². The van der Waals surface area contributed by atoms with E-state index in [0.29, 0.717) is 18.7 Å². The lowest BCUT2D eigenvalue weighted by molar-refractivity contribution is -0.121. The van der Waals surface area contributed by atoms with Crippen molar-refractivity contribution in [3.05, 3.63) is 95.6 Å². The molecule has 0 spiro atoms. The van der Waals surface area contributed by atoms with Crippen molar-refractivity contribution in [3.8, 4) is 0 Å². The molecule has 0 saturated heterocycles. The summed E-state index contributed by atoms with van der Waals surface area (Å²) in [5.41, 5.74) is 4.39. The summed E-state index contributed by atoms with van der Waals surface area (Å²) in [6.07, 6.45) is 0. The number of hydrogen-bond acceptors (Lipinski definition) is 2. The van der Waals surface area contributed by atoms with Crippen LogP contribution in [0.1, 0.15) is 28.4 Å². The van der Waals surface area contributed by atoms with E-state index >= 15 is 0 Å². The van der Waals surface area contributed by atoms with Crippen molar-refractivity contribution in [1.29, 1.82) is 0 Å². The molecule has 0 N–H and O–H groups in total. The van der Waals surface area contributed by atoms with Crippen LogP contribution in [0.5, 0.6) is 0 Å². The van der Waals surface area contributed by atoms with Gasteiger partial charge in [0.25, 0.3) is 5.91 Å². The Hall–Kier alpha value is -3.40. The lowest BCUT2D eigenvalue weighted by atomic mass is 10.1. The molecule has 2 amide bonds. The number of nitrogens with zero attached hydrogens (tertiary/aromatic N) is 2. The molecule has 29 heavy (non-hydrogen) atoms. The van der Waals surface area contributed by atoms with E-state index in [2.05, 4.69) is 6.07 Å². The van der Waals surface area contributed by atoms with Crippen LogP contribution >= 0.6 is 0 Å². The van der Waals surface area contributed by atoms with Crippen LogP contribution in [0, 0.1) is 12.8 Å². The summed E-state index contributed by atoms with van der Waals surface area (Å²) in [4.78, 5) is 30.1. The first-order chi connectivity index (χ1) is 14.0. The highest BCUT2D eigenvalue weighted by Gasteiger charge is 2.33. The molecule has 0 saturated carbocycles. The Balaban J connectivity index is 1.77. The van der Waals surface area contributed by atoms with Gasteiger partial charge in [-0.2, -0.15) is 0 Å². The van der Waals surface area contributed by atoms with E-state index in [1.807, 2.05) is 91.5 Å². The molecule has 3 aromatic carbocycles. The number of hydrogen-bond donors (Lipinski definition) is 0. The van der Waals surface area contributed by atoms with E-state index in [1.165, 1.54) is 0 Å². The molecule has 0 aliphatic carbocycles. The molecular formula is C25H24N2O2. The second-order valence-corrected chi connectivity index (χ2v) is 7.58. The maximum Gasteiger partial charge on any atom is 0.258 e. The Morgan fingerprint density at radius 2 is 1.62 bits per heavy atom. The average Bonchev–Trinajstić information content (AvgIpc) is 2.84. The SMILES string of the molecule is Cc1cccc(CN2C(=O)C(C)CN(C(=O)c3ccccc3)c3ccccc32)c1. The lowest BCUT2D eigenvalue weighted by Gasteiger charge is -2.26. The van der Waals surface area contributed by atoms with E-state index in [1.54, 1.807) is 4.90 Å². The molecule has 146 valence electrons. The standard InChI is InChI=1S/C25H24N2O2/c1-18-9-8-10-20(15-18)17-27-23-14-7-6-13-22(23)26(16-19(2)24(27)28)25(29)21-11-4-3-5-12-21/h3-15,19H,16-17H2,1-2H3. The fraction of sp³-hybridized carbons (Fsp3) is 0.200. The van der Waals surface area contributed by atoms with Gasteiger partial charge >= 0.3 is 0 Å². The first kappa shape index (κ1) is 18.9. The molecule has 4 nitrogen and oxygen atoms in total. The number of para-hydroxylation sites is 2. The largest absolute Gasteiger partial charge is 0.306 e. The zero-order valence-corrected chi connectivity index (χ0v) is 16.7. The molecule has 0 aromatic heterocycles. The van der Waals surface area contributed by atoms with E-state index < -0.39 is 0 Å². The van der Waals surface area contributed by atoms with Crippen molar-refractivity contribution in [2.45, 2.75) is 20.4 Å². The van der Waals surface area contributed by atoms with Gasteiger partial charge in [0, 0.05) is 12.1 Å². The molecule has 1 heterocycles. The molecule has 1 atom stereocenters. The number of carbonyl (C=O) groups is 2. The van der Waals surface area contributed by atoms with Gasteiger partial charge in [-0.1, -0.05) is 67.1 Å². The number of carbonyl (C=O) groups excluding carboxylic acids is 2. The fourth-order valence-electron chi connectivity index (χ4n) is 3.84. The van der Waals surface area contributed by atoms with E-state index in [9.17, 15) is 9.59 Å². The van der Waals surface area contributed by atoms with E-state index in [4.69, 9.17) is 0 Å². The van der Waals surface area contributed by atoms with Crippen molar-refractivity contribution < 1.29 is 9.59 Å². The minimum absolute atomic E-state index is 0.0299. The van der Waals surface area contributed by atoms with E-state index in [0.717, 1.165) is 22.5 Å². The summed E-state index contributed by atoms with van der Waals surface area (Å²) in [5, 5.41) is 0. The van der Waals surface area contributed by atoms with Crippen molar-refractivity contribution in [2.75, 3.05) is 16.3 Å². The van der Waals surface area contributed by atoms with Gasteiger partial charge in [0.2, 0.25) is 5.91 Å². The van der Waals surface area contributed by atoms with Crippen LogP contribution < -0.4 is 9.80 Å². The summed E-state index contributed by atoms with van der Waals surface area (Å²) in [7, 11) is 0. The number of fused-ring (bicyclic) bond motifs is 1. The first-order valence-electron chi connectivity index (χ1n) is 9.87. The van der Waals surface area contributed by atoms with Gasteiger partial charge in [-0.3, -0.25) is 9.59 Å². The Labute approximate surface area is 171 Å². The molecule has 0 fully saturated rings. The molecule has 0 radical (unpaired) electrons. The zero-order valence-electron chi connectivity index (χ0n) is 16.7. The number of anilines is 2. The summed E-state index contributed by atoms with van der Waals surface area (Å²) < 4.78 is 0.